The van der Waals surface area contributed by atoms with E-state index in [2.05, 4.69) is 5.32 Å². The predicted octanol–water partition coefficient (Wildman–Crippen LogP) is 4.24. The summed E-state index contributed by atoms with van der Waals surface area (Å²) in [6.45, 7) is 2.79. The average Bonchev–Trinajstić information content (AvgIpc) is 2.30. The van der Waals surface area contributed by atoms with Gasteiger partial charge in [-0.15, -0.1) is 0 Å². The van der Waals surface area contributed by atoms with E-state index in [9.17, 15) is 4.39 Å². The Morgan fingerprint density at radius 2 is 2.26 bits per heavy atom. The fourth-order valence-electron chi connectivity index (χ4n) is 3.44. The van der Waals surface area contributed by atoms with Crippen LogP contribution in [-0.4, -0.2) is 18.8 Å². The number of ether oxygens (including phenoxy) is 1. The lowest BCUT2D eigenvalue weighted by Crippen LogP contribution is -2.64. The molecule has 1 aromatic rings. The molecule has 0 aromatic heterocycles. The van der Waals surface area contributed by atoms with Crippen LogP contribution in [-0.2, 0) is 4.74 Å². The standard InChI is InChI=1S/C15H19ClFNO/c1-2-19-14-9-13(15(14)6-3-7-15)18-12-8-10(16)4-5-11(12)17/h4-5,8,13-14,18H,2-3,6-7,9H2,1H3. The van der Waals surface area contributed by atoms with Crippen LogP contribution in [0, 0.1) is 11.2 Å². The smallest absolute Gasteiger partial charge is 0.146 e. The number of rotatable bonds is 4. The van der Waals surface area contributed by atoms with Crippen molar-refractivity contribution in [2.24, 2.45) is 5.41 Å². The summed E-state index contributed by atoms with van der Waals surface area (Å²) < 4.78 is 19.6. The van der Waals surface area contributed by atoms with Crippen molar-refractivity contribution < 1.29 is 9.13 Å². The third-order valence-electron chi connectivity index (χ3n) is 4.70. The molecule has 1 N–H and O–H groups in total. The van der Waals surface area contributed by atoms with Crippen molar-refractivity contribution >= 4 is 17.3 Å². The van der Waals surface area contributed by atoms with Gasteiger partial charge >= 0.3 is 0 Å². The first-order chi connectivity index (χ1) is 9.15. The average molecular weight is 284 g/mol. The maximum Gasteiger partial charge on any atom is 0.146 e. The van der Waals surface area contributed by atoms with E-state index in [0.29, 0.717) is 22.9 Å². The zero-order valence-corrected chi connectivity index (χ0v) is 11.8. The van der Waals surface area contributed by atoms with Crippen LogP contribution in [0.25, 0.3) is 0 Å². The summed E-state index contributed by atoms with van der Waals surface area (Å²) in [4.78, 5) is 0. The minimum Gasteiger partial charge on any atom is -0.379 e. The van der Waals surface area contributed by atoms with Gasteiger partial charge in [0.25, 0.3) is 0 Å². The Morgan fingerprint density at radius 1 is 1.47 bits per heavy atom. The number of nitrogens with one attached hydrogen (secondary N) is 1. The number of anilines is 1. The lowest BCUT2D eigenvalue weighted by atomic mass is 9.51. The van der Waals surface area contributed by atoms with Crippen molar-refractivity contribution in [1.29, 1.82) is 0 Å². The largest absolute Gasteiger partial charge is 0.379 e. The van der Waals surface area contributed by atoms with Gasteiger partial charge in [0.2, 0.25) is 0 Å². The molecule has 19 heavy (non-hydrogen) atoms. The highest BCUT2D eigenvalue weighted by Crippen LogP contribution is 2.58. The molecular formula is C15H19ClFNO. The van der Waals surface area contributed by atoms with Gasteiger partial charge in [-0.05, 0) is 44.4 Å². The summed E-state index contributed by atoms with van der Waals surface area (Å²) in [6.07, 6.45) is 4.90. The van der Waals surface area contributed by atoms with Crippen LogP contribution < -0.4 is 5.32 Å². The van der Waals surface area contributed by atoms with E-state index in [-0.39, 0.29) is 11.2 Å². The molecule has 104 valence electrons. The monoisotopic (exact) mass is 283 g/mol. The van der Waals surface area contributed by atoms with E-state index in [1.807, 2.05) is 6.92 Å². The Bertz CT molecular complexity index is 475. The highest BCUT2D eigenvalue weighted by Gasteiger charge is 2.58. The zero-order valence-electron chi connectivity index (χ0n) is 11.1. The van der Waals surface area contributed by atoms with Crippen LogP contribution in [0.4, 0.5) is 10.1 Å². The first kappa shape index (κ1) is 13.2. The van der Waals surface area contributed by atoms with Gasteiger partial charge in [0.15, 0.2) is 0 Å². The molecule has 0 saturated heterocycles. The molecule has 0 heterocycles. The number of halogens is 2. The van der Waals surface area contributed by atoms with Crippen molar-refractivity contribution in [3.8, 4) is 0 Å². The molecule has 2 aliphatic rings. The molecule has 1 aromatic carbocycles. The topological polar surface area (TPSA) is 21.3 Å². The van der Waals surface area contributed by atoms with Gasteiger partial charge in [-0.25, -0.2) is 4.39 Å². The second kappa shape index (κ2) is 4.95. The first-order valence-electron chi connectivity index (χ1n) is 6.99. The van der Waals surface area contributed by atoms with Crippen molar-refractivity contribution in [3.05, 3.63) is 29.0 Å². The molecular weight excluding hydrogens is 265 g/mol. The van der Waals surface area contributed by atoms with Crippen LogP contribution >= 0.6 is 11.6 Å². The molecule has 2 unspecified atom stereocenters. The van der Waals surface area contributed by atoms with E-state index in [1.54, 1.807) is 12.1 Å². The molecule has 4 heteroatoms. The molecule has 2 aliphatic carbocycles. The lowest BCUT2D eigenvalue weighted by Gasteiger charge is -2.61. The number of benzene rings is 1. The van der Waals surface area contributed by atoms with Gasteiger partial charge in [-0.3, -0.25) is 0 Å². The molecule has 2 saturated carbocycles. The van der Waals surface area contributed by atoms with Gasteiger partial charge in [-0.2, -0.15) is 0 Å². The van der Waals surface area contributed by atoms with Gasteiger partial charge < -0.3 is 10.1 Å². The summed E-state index contributed by atoms with van der Waals surface area (Å²) in [5.74, 6) is -0.237. The van der Waals surface area contributed by atoms with E-state index < -0.39 is 0 Å². The van der Waals surface area contributed by atoms with Crippen molar-refractivity contribution in [1.82, 2.24) is 0 Å². The fraction of sp³-hybridized carbons (Fsp3) is 0.600. The highest BCUT2D eigenvalue weighted by atomic mass is 35.5. The summed E-state index contributed by atoms with van der Waals surface area (Å²) in [6, 6.07) is 4.96. The summed E-state index contributed by atoms with van der Waals surface area (Å²) in [5, 5.41) is 3.89. The summed E-state index contributed by atoms with van der Waals surface area (Å²) in [7, 11) is 0. The normalized spacial score (nSPS) is 27.7. The molecule has 3 rings (SSSR count). The van der Waals surface area contributed by atoms with E-state index in [0.717, 1.165) is 13.0 Å². The van der Waals surface area contributed by atoms with Crippen LogP contribution in [0.3, 0.4) is 0 Å². The second-order valence-corrected chi connectivity index (χ2v) is 6.02. The molecule has 2 atom stereocenters. The van der Waals surface area contributed by atoms with Crippen LogP contribution in [0.2, 0.25) is 5.02 Å². The number of hydrogen-bond donors (Lipinski definition) is 1. The van der Waals surface area contributed by atoms with Crippen LogP contribution in [0.5, 0.6) is 0 Å². The predicted molar refractivity (Wildman–Crippen MR) is 75.1 cm³/mol. The minimum absolute atomic E-state index is 0.227. The van der Waals surface area contributed by atoms with E-state index >= 15 is 0 Å². The Labute approximate surface area is 118 Å². The Balaban J connectivity index is 1.72. The SMILES string of the molecule is CCOC1CC(Nc2cc(Cl)ccc2F)C12CCC2. The van der Waals surface area contributed by atoms with Crippen molar-refractivity contribution in [2.75, 3.05) is 11.9 Å². The Morgan fingerprint density at radius 3 is 2.89 bits per heavy atom. The van der Waals surface area contributed by atoms with Gasteiger partial charge in [0.1, 0.15) is 5.82 Å². The van der Waals surface area contributed by atoms with Crippen LogP contribution in [0.15, 0.2) is 18.2 Å². The molecule has 0 radical (unpaired) electrons. The van der Waals surface area contributed by atoms with Crippen LogP contribution in [0.1, 0.15) is 32.6 Å². The molecule has 0 aliphatic heterocycles. The fourth-order valence-corrected chi connectivity index (χ4v) is 3.61. The first-order valence-corrected chi connectivity index (χ1v) is 7.37. The van der Waals surface area contributed by atoms with Crippen molar-refractivity contribution in [2.45, 2.75) is 44.8 Å². The number of hydrogen-bond acceptors (Lipinski definition) is 2. The minimum atomic E-state index is -0.237. The highest BCUT2D eigenvalue weighted by molar-refractivity contribution is 6.30. The van der Waals surface area contributed by atoms with Gasteiger partial charge in [0.05, 0.1) is 11.8 Å². The molecule has 0 bridgehead atoms. The maximum atomic E-state index is 13.8. The molecule has 1 spiro atoms. The quantitative estimate of drug-likeness (QED) is 0.892. The second-order valence-electron chi connectivity index (χ2n) is 5.59. The third kappa shape index (κ3) is 2.13. The van der Waals surface area contributed by atoms with E-state index in [1.165, 1.54) is 25.3 Å². The zero-order chi connectivity index (χ0) is 13.5. The third-order valence-corrected chi connectivity index (χ3v) is 4.93. The molecule has 2 fully saturated rings. The van der Waals surface area contributed by atoms with Gasteiger partial charge in [-0.1, -0.05) is 18.0 Å². The van der Waals surface area contributed by atoms with Gasteiger partial charge in [0, 0.05) is 23.1 Å². The lowest BCUT2D eigenvalue weighted by molar-refractivity contribution is -0.157. The van der Waals surface area contributed by atoms with Crippen molar-refractivity contribution in [3.63, 3.8) is 0 Å². The molecule has 2 nitrogen and oxygen atoms in total. The molecule has 0 amide bonds. The Kier molecular flexibility index (Phi) is 3.44. The summed E-state index contributed by atoms with van der Waals surface area (Å²) >= 11 is 5.93. The Hall–Kier alpha value is -0.800. The maximum absolute atomic E-state index is 13.8. The summed E-state index contributed by atoms with van der Waals surface area (Å²) in [5.41, 5.74) is 0.740. The van der Waals surface area contributed by atoms with E-state index in [4.69, 9.17) is 16.3 Å².